The van der Waals surface area contributed by atoms with E-state index in [4.69, 9.17) is 10.6 Å². The average Bonchev–Trinajstić information content (AvgIpc) is 2.70. The molecule has 1 aliphatic carbocycles. The Hall–Kier alpha value is -0.490. The molecule has 1 aliphatic rings. The molecule has 2 rings (SSSR count). The summed E-state index contributed by atoms with van der Waals surface area (Å²) in [6, 6.07) is 4.59. The second kappa shape index (κ2) is 6.98. The summed E-state index contributed by atoms with van der Waals surface area (Å²) < 4.78 is 20.9. The van der Waals surface area contributed by atoms with Crippen molar-refractivity contribution in [1.82, 2.24) is 5.43 Å². The highest BCUT2D eigenvalue weighted by molar-refractivity contribution is 9.10. The topological polar surface area (TPSA) is 47.3 Å². The van der Waals surface area contributed by atoms with E-state index in [-0.39, 0.29) is 11.9 Å². The number of methoxy groups -OCH3 is 1. The molecule has 0 aliphatic heterocycles. The minimum Gasteiger partial charge on any atom is -0.376 e. The second-order valence-electron chi connectivity index (χ2n) is 5.45. The summed E-state index contributed by atoms with van der Waals surface area (Å²) in [7, 11) is 1.70. The average molecular weight is 345 g/mol. The monoisotopic (exact) mass is 344 g/mol. The van der Waals surface area contributed by atoms with E-state index in [1.807, 2.05) is 0 Å². The molecule has 1 fully saturated rings. The number of benzene rings is 1. The molecule has 3 N–H and O–H groups in total. The molecule has 112 valence electrons. The fraction of sp³-hybridized carbons (Fsp3) is 0.600. The van der Waals surface area contributed by atoms with E-state index in [0.29, 0.717) is 5.56 Å². The molecule has 1 aromatic rings. The first-order valence-corrected chi connectivity index (χ1v) is 7.88. The van der Waals surface area contributed by atoms with Crippen LogP contribution in [0.4, 0.5) is 4.39 Å². The molecule has 1 aromatic carbocycles. The molecule has 1 atom stereocenters. The zero-order valence-corrected chi connectivity index (χ0v) is 13.4. The first-order chi connectivity index (χ1) is 9.63. The molecular formula is C15H22BrFN2O. The van der Waals surface area contributed by atoms with Gasteiger partial charge in [0, 0.05) is 17.1 Å². The Labute approximate surface area is 128 Å². The Morgan fingerprint density at radius 3 is 2.50 bits per heavy atom. The predicted octanol–water partition coefficient (Wildman–Crippen LogP) is 3.83. The molecular weight excluding hydrogens is 323 g/mol. The fourth-order valence-corrected chi connectivity index (χ4v) is 3.58. The molecule has 5 heteroatoms. The normalized spacial score (nSPS) is 20.4. The van der Waals surface area contributed by atoms with Crippen LogP contribution in [0.1, 0.15) is 50.1 Å². The number of hydrogen-bond acceptors (Lipinski definition) is 3. The molecule has 0 radical (unpaired) electrons. The summed E-state index contributed by atoms with van der Waals surface area (Å²) in [5.74, 6) is 5.50. The van der Waals surface area contributed by atoms with Gasteiger partial charge in [0.25, 0.3) is 0 Å². The third-order valence-electron chi connectivity index (χ3n) is 4.32. The first kappa shape index (κ1) is 15.9. The number of rotatable bonds is 4. The number of hydrogen-bond donors (Lipinski definition) is 2. The molecule has 0 spiro atoms. The lowest BCUT2D eigenvalue weighted by Gasteiger charge is -2.39. The Balaban J connectivity index is 2.40. The van der Waals surface area contributed by atoms with Crippen LogP contribution in [0.2, 0.25) is 0 Å². The van der Waals surface area contributed by atoms with Crippen LogP contribution in [-0.4, -0.2) is 12.7 Å². The quantitative estimate of drug-likeness (QED) is 0.495. The number of nitrogens with two attached hydrogens (primary N) is 1. The van der Waals surface area contributed by atoms with Crippen LogP contribution < -0.4 is 11.3 Å². The smallest absolute Gasteiger partial charge is 0.128 e. The molecule has 3 nitrogen and oxygen atoms in total. The minimum atomic E-state index is -0.438. The van der Waals surface area contributed by atoms with Crippen molar-refractivity contribution in [2.24, 2.45) is 5.84 Å². The van der Waals surface area contributed by atoms with Gasteiger partial charge in [-0.3, -0.25) is 5.84 Å². The predicted molar refractivity (Wildman–Crippen MR) is 81.6 cm³/mol. The van der Waals surface area contributed by atoms with E-state index >= 15 is 0 Å². The van der Waals surface area contributed by atoms with E-state index < -0.39 is 5.60 Å². The Morgan fingerprint density at radius 1 is 1.30 bits per heavy atom. The third-order valence-corrected chi connectivity index (χ3v) is 4.81. The molecule has 0 bridgehead atoms. The number of halogens is 2. The molecule has 0 heterocycles. The Kier molecular flexibility index (Phi) is 5.55. The molecule has 20 heavy (non-hydrogen) atoms. The van der Waals surface area contributed by atoms with Gasteiger partial charge in [-0.2, -0.15) is 0 Å². The van der Waals surface area contributed by atoms with Crippen LogP contribution in [0.5, 0.6) is 0 Å². The van der Waals surface area contributed by atoms with Crippen LogP contribution in [0.15, 0.2) is 22.7 Å². The first-order valence-electron chi connectivity index (χ1n) is 7.09. The Bertz CT molecular complexity index is 447. The Morgan fingerprint density at radius 2 is 1.95 bits per heavy atom. The summed E-state index contributed by atoms with van der Waals surface area (Å²) >= 11 is 3.40. The third kappa shape index (κ3) is 3.22. The van der Waals surface area contributed by atoms with E-state index in [1.165, 1.54) is 18.9 Å². The second-order valence-corrected chi connectivity index (χ2v) is 6.36. The van der Waals surface area contributed by atoms with Gasteiger partial charge in [-0.25, -0.2) is 9.82 Å². The van der Waals surface area contributed by atoms with Gasteiger partial charge in [-0.05, 0) is 31.0 Å². The fourth-order valence-electron chi connectivity index (χ4n) is 3.20. The zero-order chi connectivity index (χ0) is 14.6. The van der Waals surface area contributed by atoms with Crippen molar-refractivity contribution < 1.29 is 9.13 Å². The zero-order valence-electron chi connectivity index (χ0n) is 11.8. The van der Waals surface area contributed by atoms with Crippen LogP contribution in [0.25, 0.3) is 0 Å². The maximum atomic E-state index is 14.2. The van der Waals surface area contributed by atoms with Crippen molar-refractivity contribution in [2.75, 3.05) is 7.11 Å². The minimum absolute atomic E-state index is 0.253. The largest absolute Gasteiger partial charge is 0.376 e. The number of hydrazine groups is 1. The van der Waals surface area contributed by atoms with E-state index in [0.717, 1.165) is 30.2 Å². The standard InChI is InChI=1S/C15H22BrFN2O/c1-20-15(8-4-2-3-5-9-15)14(19-18)12-10-11(16)6-7-13(12)17/h6-7,10,14,19H,2-5,8-9,18H2,1H3. The molecule has 1 saturated carbocycles. The van der Waals surface area contributed by atoms with Gasteiger partial charge in [-0.15, -0.1) is 0 Å². The summed E-state index contributed by atoms with van der Waals surface area (Å²) in [5.41, 5.74) is 2.91. The van der Waals surface area contributed by atoms with Crippen LogP contribution >= 0.6 is 15.9 Å². The highest BCUT2D eigenvalue weighted by Gasteiger charge is 2.40. The van der Waals surface area contributed by atoms with Crippen molar-refractivity contribution >= 4 is 15.9 Å². The molecule has 0 amide bonds. The maximum Gasteiger partial charge on any atom is 0.128 e. The van der Waals surface area contributed by atoms with Crippen molar-refractivity contribution in [3.63, 3.8) is 0 Å². The summed E-state index contributed by atoms with van der Waals surface area (Å²) in [6.45, 7) is 0. The van der Waals surface area contributed by atoms with Crippen molar-refractivity contribution in [1.29, 1.82) is 0 Å². The molecule has 0 aromatic heterocycles. The SMILES string of the molecule is COC1(C(NN)c2cc(Br)ccc2F)CCCCCC1. The van der Waals surface area contributed by atoms with Gasteiger partial charge in [0.15, 0.2) is 0 Å². The van der Waals surface area contributed by atoms with Gasteiger partial charge in [0.1, 0.15) is 5.82 Å². The lowest BCUT2D eigenvalue weighted by atomic mass is 9.82. The molecule has 1 unspecified atom stereocenters. The van der Waals surface area contributed by atoms with Gasteiger partial charge < -0.3 is 4.74 Å². The molecule has 0 saturated heterocycles. The van der Waals surface area contributed by atoms with Crippen LogP contribution in [-0.2, 0) is 4.74 Å². The van der Waals surface area contributed by atoms with Gasteiger partial charge in [-0.1, -0.05) is 41.6 Å². The summed E-state index contributed by atoms with van der Waals surface area (Å²) in [6.07, 6.45) is 6.35. The summed E-state index contributed by atoms with van der Waals surface area (Å²) in [5, 5.41) is 0. The van der Waals surface area contributed by atoms with Gasteiger partial charge in [0.2, 0.25) is 0 Å². The number of nitrogens with one attached hydrogen (secondary N) is 1. The van der Waals surface area contributed by atoms with Crippen LogP contribution in [0, 0.1) is 5.82 Å². The highest BCUT2D eigenvalue weighted by Crippen LogP contribution is 2.41. The number of ether oxygens (including phenoxy) is 1. The highest BCUT2D eigenvalue weighted by atomic mass is 79.9. The van der Waals surface area contributed by atoms with Gasteiger partial charge >= 0.3 is 0 Å². The maximum absolute atomic E-state index is 14.2. The van der Waals surface area contributed by atoms with Crippen LogP contribution in [0.3, 0.4) is 0 Å². The van der Waals surface area contributed by atoms with E-state index in [9.17, 15) is 4.39 Å². The van der Waals surface area contributed by atoms with Gasteiger partial charge in [0.05, 0.1) is 11.6 Å². The van der Waals surface area contributed by atoms with Crippen molar-refractivity contribution in [3.05, 3.63) is 34.1 Å². The van der Waals surface area contributed by atoms with E-state index in [2.05, 4.69) is 21.4 Å². The van der Waals surface area contributed by atoms with Crippen molar-refractivity contribution in [2.45, 2.75) is 50.2 Å². The van der Waals surface area contributed by atoms with E-state index in [1.54, 1.807) is 19.2 Å². The lowest BCUT2D eigenvalue weighted by molar-refractivity contribution is -0.0549. The van der Waals surface area contributed by atoms with Crippen molar-refractivity contribution in [3.8, 4) is 0 Å². The summed E-state index contributed by atoms with van der Waals surface area (Å²) in [4.78, 5) is 0. The lowest BCUT2D eigenvalue weighted by Crippen LogP contribution is -2.48.